The summed E-state index contributed by atoms with van der Waals surface area (Å²) in [6.45, 7) is 1.37. The van der Waals surface area contributed by atoms with Crippen LogP contribution in [0.25, 0.3) is 11.0 Å². The molecule has 2 amide bonds. The van der Waals surface area contributed by atoms with E-state index in [2.05, 4.69) is 20.6 Å². The predicted octanol–water partition coefficient (Wildman–Crippen LogP) is 1.70. The molecular formula is C19H23N5O2. The van der Waals surface area contributed by atoms with Gasteiger partial charge < -0.3 is 15.5 Å². The van der Waals surface area contributed by atoms with Gasteiger partial charge >= 0.3 is 0 Å². The summed E-state index contributed by atoms with van der Waals surface area (Å²) in [5.74, 6) is 0.746. The molecule has 2 atom stereocenters. The quantitative estimate of drug-likeness (QED) is 0.877. The average molecular weight is 353 g/mol. The van der Waals surface area contributed by atoms with Gasteiger partial charge in [-0.25, -0.2) is 4.98 Å². The molecule has 0 unspecified atom stereocenters. The molecule has 2 aromatic rings. The number of hydrogen-bond donors (Lipinski definition) is 2. The van der Waals surface area contributed by atoms with Gasteiger partial charge in [0.2, 0.25) is 11.8 Å². The van der Waals surface area contributed by atoms with E-state index in [1.54, 1.807) is 6.20 Å². The minimum Gasteiger partial charge on any atom is -0.364 e. The van der Waals surface area contributed by atoms with Gasteiger partial charge in [0.1, 0.15) is 11.9 Å². The molecule has 7 heteroatoms. The number of hydrogen-bond acceptors (Lipinski definition) is 5. The number of benzene rings is 1. The first kappa shape index (κ1) is 16.8. The summed E-state index contributed by atoms with van der Waals surface area (Å²) in [6, 6.07) is 7.54. The lowest BCUT2D eigenvalue weighted by atomic mass is 10.0. The Balaban J connectivity index is 1.41. The van der Waals surface area contributed by atoms with Crippen LogP contribution >= 0.6 is 0 Å². The maximum atomic E-state index is 12.7. The molecule has 1 aromatic carbocycles. The molecule has 26 heavy (non-hydrogen) atoms. The molecular weight excluding hydrogens is 330 g/mol. The van der Waals surface area contributed by atoms with E-state index >= 15 is 0 Å². The van der Waals surface area contributed by atoms with Gasteiger partial charge in [-0.05, 0) is 37.8 Å². The number of rotatable bonds is 3. The van der Waals surface area contributed by atoms with E-state index in [9.17, 15) is 9.59 Å². The zero-order chi connectivity index (χ0) is 17.9. The highest BCUT2D eigenvalue weighted by molar-refractivity contribution is 5.88. The number of nitrogens with zero attached hydrogens (tertiary/aromatic N) is 3. The number of fused-ring (bicyclic) bond motifs is 1. The summed E-state index contributed by atoms with van der Waals surface area (Å²) in [5, 5.41) is 6.24. The van der Waals surface area contributed by atoms with Gasteiger partial charge in [0.05, 0.1) is 17.2 Å². The van der Waals surface area contributed by atoms with E-state index in [0.717, 1.165) is 49.1 Å². The van der Waals surface area contributed by atoms with E-state index in [1.807, 2.05) is 29.2 Å². The largest absolute Gasteiger partial charge is 0.364 e. The molecule has 1 aromatic heterocycles. The zero-order valence-electron chi connectivity index (χ0n) is 14.6. The van der Waals surface area contributed by atoms with Crippen LogP contribution in [0, 0.1) is 0 Å². The molecule has 0 radical (unpaired) electrons. The first-order valence-corrected chi connectivity index (χ1v) is 9.25. The number of amides is 2. The van der Waals surface area contributed by atoms with Crippen LogP contribution in [0.2, 0.25) is 0 Å². The summed E-state index contributed by atoms with van der Waals surface area (Å²) in [7, 11) is 0. The standard InChI is InChI=1S/C19H23N5O2/c25-18-9-3-8-16(23-18)19(26)24-10-4-5-13(12-24)21-17-11-20-14-6-1-2-7-15(14)22-17/h1-2,6-7,11,13,16H,3-5,8-10,12H2,(H,21,22)(H,23,25)/t13-,16-/m1/s1. The molecule has 2 aliphatic rings. The van der Waals surface area contributed by atoms with Crippen LogP contribution in [-0.4, -0.2) is 51.9 Å². The van der Waals surface area contributed by atoms with Gasteiger partial charge in [0.15, 0.2) is 0 Å². The van der Waals surface area contributed by atoms with Crippen molar-refractivity contribution in [2.24, 2.45) is 0 Å². The van der Waals surface area contributed by atoms with Crippen molar-refractivity contribution in [3.8, 4) is 0 Å². The molecule has 7 nitrogen and oxygen atoms in total. The lowest BCUT2D eigenvalue weighted by molar-refractivity contribution is -0.138. The fourth-order valence-corrected chi connectivity index (χ4v) is 3.74. The minimum absolute atomic E-state index is 0.0206. The van der Waals surface area contributed by atoms with Crippen molar-refractivity contribution in [3.05, 3.63) is 30.5 Å². The van der Waals surface area contributed by atoms with Crippen LogP contribution in [0.3, 0.4) is 0 Å². The summed E-state index contributed by atoms with van der Waals surface area (Å²) in [4.78, 5) is 35.2. The molecule has 0 bridgehead atoms. The molecule has 0 saturated carbocycles. The molecule has 2 N–H and O–H groups in total. The van der Waals surface area contributed by atoms with Crippen molar-refractivity contribution in [2.75, 3.05) is 18.4 Å². The SMILES string of the molecule is O=C1CCC[C@H](C(=O)N2CCC[C@@H](Nc3cnc4ccccc4n3)C2)N1. The Hall–Kier alpha value is -2.70. The average Bonchev–Trinajstić information content (AvgIpc) is 2.67. The summed E-state index contributed by atoms with van der Waals surface area (Å²) < 4.78 is 0. The van der Waals surface area contributed by atoms with Crippen LogP contribution in [0.4, 0.5) is 5.82 Å². The Bertz CT molecular complexity index is 824. The second kappa shape index (κ2) is 7.27. The van der Waals surface area contributed by atoms with Crippen LogP contribution in [0.1, 0.15) is 32.1 Å². The Kier molecular flexibility index (Phi) is 4.69. The van der Waals surface area contributed by atoms with Crippen LogP contribution < -0.4 is 10.6 Å². The molecule has 136 valence electrons. The summed E-state index contributed by atoms with van der Waals surface area (Å²) in [5.41, 5.74) is 1.72. The van der Waals surface area contributed by atoms with Gasteiger partial charge in [-0.3, -0.25) is 14.6 Å². The van der Waals surface area contributed by atoms with Gasteiger partial charge in [-0.2, -0.15) is 0 Å². The second-order valence-corrected chi connectivity index (χ2v) is 7.02. The fraction of sp³-hybridized carbons (Fsp3) is 0.474. The summed E-state index contributed by atoms with van der Waals surface area (Å²) in [6.07, 6.45) is 5.69. The van der Waals surface area contributed by atoms with Crippen molar-refractivity contribution in [3.63, 3.8) is 0 Å². The number of likely N-dealkylation sites (tertiary alicyclic amines) is 1. The first-order valence-electron chi connectivity index (χ1n) is 9.25. The number of para-hydroxylation sites is 2. The van der Waals surface area contributed by atoms with Gasteiger partial charge in [0, 0.05) is 25.6 Å². The highest BCUT2D eigenvalue weighted by Crippen LogP contribution is 2.19. The first-order chi connectivity index (χ1) is 12.7. The number of nitrogens with one attached hydrogen (secondary N) is 2. The van der Waals surface area contributed by atoms with Crippen molar-refractivity contribution in [1.29, 1.82) is 0 Å². The zero-order valence-corrected chi connectivity index (χ0v) is 14.6. The van der Waals surface area contributed by atoms with Gasteiger partial charge in [-0.15, -0.1) is 0 Å². The third kappa shape index (κ3) is 3.61. The van der Waals surface area contributed by atoms with Crippen molar-refractivity contribution >= 4 is 28.7 Å². The predicted molar refractivity (Wildman–Crippen MR) is 98.5 cm³/mol. The number of carbonyl (C=O) groups excluding carboxylic acids is 2. The second-order valence-electron chi connectivity index (χ2n) is 7.02. The lowest BCUT2D eigenvalue weighted by Gasteiger charge is -2.36. The Morgan fingerprint density at radius 3 is 2.88 bits per heavy atom. The third-order valence-corrected chi connectivity index (χ3v) is 5.06. The lowest BCUT2D eigenvalue weighted by Crippen LogP contribution is -2.54. The van der Waals surface area contributed by atoms with E-state index in [0.29, 0.717) is 13.0 Å². The van der Waals surface area contributed by atoms with Gasteiger partial charge in [-0.1, -0.05) is 12.1 Å². The highest BCUT2D eigenvalue weighted by atomic mass is 16.2. The number of piperidine rings is 2. The van der Waals surface area contributed by atoms with Crippen LogP contribution in [0.5, 0.6) is 0 Å². The van der Waals surface area contributed by atoms with Crippen molar-refractivity contribution in [1.82, 2.24) is 20.2 Å². The molecule has 2 saturated heterocycles. The Morgan fingerprint density at radius 1 is 1.19 bits per heavy atom. The molecule has 4 rings (SSSR count). The highest BCUT2D eigenvalue weighted by Gasteiger charge is 2.31. The fourth-order valence-electron chi connectivity index (χ4n) is 3.74. The third-order valence-electron chi connectivity index (χ3n) is 5.06. The topological polar surface area (TPSA) is 87.2 Å². The monoisotopic (exact) mass is 353 g/mol. The Labute approximate surface area is 152 Å². The maximum absolute atomic E-state index is 12.7. The van der Waals surface area contributed by atoms with Crippen molar-refractivity contribution < 1.29 is 9.59 Å². The minimum atomic E-state index is -0.365. The molecule has 2 fully saturated rings. The van der Waals surface area contributed by atoms with Crippen LogP contribution in [-0.2, 0) is 9.59 Å². The smallest absolute Gasteiger partial charge is 0.245 e. The Morgan fingerprint density at radius 2 is 2.04 bits per heavy atom. The number of carbonyl (C=O) groups is 2. The molecule has 0 spiro atoms. The van der Waals surface area contributed by atoms with Gasteiger partial charge in [0.25, 0.3) is 0 Å². The molecule has 2 aliphatic heterocycles. The summed E-state index contributed by atoms with van der Waals surface area (Å²) >= 11 is 0. The maximum Gasteiger partial charge on any atom is 0.245 e. The molecule has 0 aliphatic carbocycles. The van der Waals surface area contributed by atoms with Crippen LogP contribution in [0.15, 0.2) is 30.5 Å². The molecule has 3 heterocycles. The number of anilines is 1. The normalized spacial score (nSPS) is 23.5. The van der Waals surface area contributed by atoms with E-state index < -0.39 is 0 Å². The van der Waals surface area contributed by atoms with E-state index in [-0.39, 0.29) is 23.9 Å². The van der Waals surface area contributed by atoms with E-state index in [1.165, 1.54) is 0 Å². The number of aromatic nitrogens is 2. The van der Waals surface area contributed by atoms with E-state index in [4.69, 9.17) is 0 Å². The van der Waals surface area contributed by atoms with Crippen molar-refractivity contribution in [2.45, 2.75) is 44.2 Å².